The molecule has 0 saturated carbocycles. The van der Waals surface area contributed by atoms with Gasteiger partial charge in [-0.15, -0.1) is 12.4 Å². The second-order valence-corrected chi connectivity index (χ2v) is 25.9. The van der Waals surface area contributed by atoms with Crippen molar-refractivity contribution in [1.29, 1.82) is 1.34 Å². The fourth-order valence-electron chi connectivity index (χ4n) is 13.0. The van der Waals surface area contributed by atoms with Gasteiger partial charge in [0.2, 0.25) is 0 Å². The van der Waals surface area contributed by atoms with Crippen LogP contribution in [-0.4, -0.2) is 122 Å². The zero-order chi connectivity index (χ0) is 57.5. The predicted molar refractivity (Wildman–Crippen MR) is 333 cm³/mol. The molecule has 81 heavy (non-hydrogen) atoms. The van der Waals surface area contributed by atoms with Gasteiger partial charge in [0.05, 0.1) is 85.2 Å². The number of anilines is 2. The number of aromatic nitrogens is 4. The Balaban J connectivity index is 0.000000154. The summed E-state index contributed by atoms with van der Waals surface area (Å²) in [4.78, 5) is 46.6. The third-order valence-corrected chi connectivity index (χ3v) is 19.0. The number of fused-ring (bicyclic) bond motifs is 4. The number of piperidine rings is 2. The molecule has 2 aromatic carbocycles. The molecule has 3 fully saturated rings. The lowest BCUT2D eigenvalue weighted by Gasteiger charge is -2.44. The summed E-state index contributed by atoms with van der Waals surface area (Å²) in [5.41, 5.74) is 20.6. The number of alkyl carbamates (subject to hydrolysis) is 1. The lowest BCUT2D eigenvalue weighted by atomic mass is 9.72. The number of nitrogens with one attached hydrogen (secondary N) is 1. The normalized spacial score (nSPS) is 23.2. The number of amides is 1. The Bertz CT molecular complexity index is 3120. The molecule has 13 rings (SSSR count). The summed E-state index contributed by atoms with van der Waals surface area (Å²) >= 11 is 2.24. The highest BCUT2D eigenvalue weighted by Gasteiger charge is 2.53. The van der Waals surface area contributed by atoms with Crippen molar-refractivity contribution in [1.82, 2.24) is 25.3 Å². The van der Waals surface area contributed by atoms with E-state index in [1.165, 1.54) is 33.3 Å². The number of aryl methyl sites for hydroxylation is 2. The van der Waals surface area contributed by atoms with E-state index < -0.39 is 5.60 Å². The Labute approximate surface area is 502 Å². The van der Waals surface area contributed by atoms with E-state index >= 15 is 0 Å². The van der Waals surface area contributed by atoms with Crippen LogP contribution in [0, 0.1) is 24.7 Å². The second-order valence-electron chi connectivity index (χ2n) is 24.9. The molecule has 9 aliphatic rings. The number of carbonyl (C=O) groups is 1. The molecule has 20 heteroatoms. The number of ether oxygens (including phenoxy) is 3. The monoisotopic (exact) mass is 1230 g/mol. The van der Waals surface area contributed by atoms with Crippen molar-refractivity contribution in [2.45, 2.75) is 156 Å². The minimum Gasteiger partial charge on any atom is -0.444 e. The molecule has 3 saturated heterocycles. The van der Waals surface area contributed by atoms with Crippen LogP contribution < -0.4 is 20.9 Å². The van der Waals surface area contributed by atoms with E-state index in [1.807, 2.05) is 27.7 Å². The first kappa shape index (κ1) is 59.4. The van der Waals surface area contributed by atoms with Crippen LogP contribution in [-0.2, 0) is 49.5 Å². The molecule has 430 valence electrons. The first-order chi connectivity index (χ1) is 38.7. The smallest absolute Gasteiger partial charge is 0.444 e. The van der Waals surface area contributed by atoms with E-state index in [-0.39, 0.29) is 59.7 Å². The summed E-state index contributed by atoms with van der Waals surface area (Å²) in [5.74, 6) is 1.99. The van der Waals surface area contributed by atoms with E-state index in [1.54, 1.807) is 0 Å². The quantitative estimate of drug-likeness (QED) is 0.142. The number of benzene rings is 2. The van der Waals surface area contributed by atoms with Crippen molar-refractivity contribution in [3.05, 3.63) is 128 Å². The van der Waals surface area contributed by atoms with Gasteiger partial charge in [0.1, 0.15) is 32.3 Å². The van der Waals surface area contributed by atoms with Crippen molar-refractivity contribution < 1.29 is 28.3 Å². The molecule has 2 aliphatic carbocycles. The molecule has 0 bridgehead atoms. The van der Waals surface area contributed by atoms with Crippen LogP contribution in [0.4, 0.5) is 16.4 Å². The average molecular weight is 1230 g/mol. The molecule has 2 radical (unpaired) electrons. The summed E-state index contributed by atoms with van der Waals surface area (Å²) < 4.78 is 34.5. The Morgan fingerprint density at radius 1 is 0.753 bits per heavy atom. The lowest BCUT2D eigenvalue weighted by Crippen LogP contribution is -2.48. The van der Waals surface area contributed by atoms with Gasteiger partial charge in [-0.25, -0.2) is 24.7 Å². The molecule has 4 aromatic rings. The first-order valence-electron chi connectivity index (χ1n) is 29.1. The maximum Gasteiger partial charge on any atom is 0.490 e. The van der Waals surface area contributed by atoms with Gasteiger partial charge in [-0.3, -0.25) is 9.98 Å². The standard InChI is InChI=1S/C25H30IN5O2.C25H29N5O.C11H19BO3.BH.ClH/c1-15-22(29-18-14-27-21(26)19(18)28-15)31-11-9-25(10-12-31)13-16-7-5-6-8-17(16)20(25)30-23(32)33-24(2,3)4;1-16-24(29-20-15-27-21(22(20)28-16)17-6-12-31-13-7-17)30-10-8-25(9-11-30)14-18-4-2-3-5-19(18)23(25)26;1-10(2)11(3,4)15-12(14-10)9-5-7-13-8-6-9;;/h5-8,20H,9-14H2,1-4H3,(H,30,32);2-6,23H,7-15,26H2,1H3;5H,6-8H2,1-4H3;2*1H/t20-;23-;;;/m11.../s1/i;;;1D;. The van der Waals surface area contributed by atoms with E-state index in [2.05, 4.69) is 146 Å². The summed E-state index contributed by atoms with van der Waals surface area (Å²) in [5, 5.41) is 3.23. The molecule has 1 amide bonds. The molecule has 16 nitrogen and oxygen atoms in total. The molecule has 0 unspecified atom stereocenters. The largest absolute Gasteiger partial charge is 0.490 e. The fourth-order valence-corrected chi connectivity index (χ4v) is 13.6. The average Bonchev–Trinajstić information content (AvgIpc) is 4.38. The van der Waals surface area contributed by atoms with E-state index in [0.29, 0.717) is 26.3 Å². The summed E-state index contributed by atoms with van der Waals surface area (Å²) in [6, 6.07) is 17.3. The number of hydrogen-bond acceptors (Lipinski definition) is 15. The van der Waals surface area contributed by atoms with Crippen LogP contribution >= 0.6 is 35.0 Å². The van der Waals surface area contributed by atoms with E-state index in [4.69, 9.17) is 55.5 Å². The maximum atomic E-state index is 12.7. The number of hydrogen-bond donors (Lipinski definition) is 2. The summed E-state index contributed by atoms with van der Waals surface area (Å²) in [7, 11) is 3.57. The molecule has 3 N–H and O–H groups in total. The van der Waals surface area contributed by atoms with Gasteiger partial charge in [0.15, 0.2) is 0 Å². The number of halogens is 2. The van der Waals surface area contributed by atoms with Crippen molar-refractivity contribution in [3.63, 3.8) is 0 Å². The predicted octanol–water partition coefficient (Wildman–Crippen LogP) is 9.90. The summed E-state index contributed by atoms with van der Waals surface area (Å²) in [6.07, 6.45) is 11.9. The first-order valence-corrected chi connectivity index (χ1v) is 29.6. The number of aliphatic imine (C=N–C) groups is 2. The van der Waals surface area contributed by atoms with Crippen LogP contribution in [0.3, 0.4) is 0 Å². The number of nitrogens with two attached hydrogens (primary N) is 1. The van der Waals surface area contributed by atoms with Crippen LogP contribution in [0.2, 0.25) is 0 Å². The highest BCUT2D eigenvalue weighted by atomic mass is 127. The van der Waals surface area contributed by atoms with Gasteiger partial charge in [-0.05, 0) is 176 Å². The van der Waals surface area contributed by atoms with E-state index in [0.717, 1.165) is 146 Å². The topological polar surface area (TPSA) is 184 Å². The van der Waals surface area contributed by atoms with Gasteiger partial charge >= 0.3 is 13.2 Å². The van der Waals surface area contributed by atoms with Crippen molar-refractivity contribution >= 4 is 77.7 Å². The van der Waals surface area contributed by atoms with Gasteiger partial charge in [-0.2, -0.15) is 0 Å². The molecule has 2 aromatic heterocycles. The zero-order valence-electron chi connectivity index (χ0n) is 49.7. The Morgan fingerprint density at radius 2 is 1.27 bits per heavy atom. The molecule has 9 heterocycles. The van der Waals surface area contributed by atoms with Crippen molar-refractivity contribution in [3.8, 4) is 0 Å². The minimum absolute atomic E-state index is 0. The molecule has 7 aliphatic heterocycles. The Hall–Kier alpha value is -4.76. The van der Waals surface area contributed by atoms with E-state index in [9.17, 15) is 4.79 Å². The van der Waals surface area contributed by atoms with Crippen LogP contribution in [0.1, 0.15) is 155 Å². The molecular formula is C61H80B2ClIN10O6. The number of carbonyl (C=O) groups excluding carboxylic acids is 1. The van der Waals surface area contributed by atoms with Gasteiger partial charge in [0.25, 0.3) is 0 Å². The van der Waals surface area contributed by atoms with Gasteiger partial charge in [-0.1, -0.05) is 60.7 Å². The molecular weight excluding hydrogens is 1150 g/mol. The van der Waals surface area contributed by atoms with Gasteiger partial charge < -0.3 is 44.4 Å². The molecule has 2 spiro atoms. The second kappa shape index (κ2) is 24.1. The van der Waals surface area contributed by atoms with Gasteiger partial charge in [0, 0.05) is 46.0 Å². The van der Waals surface area contributed by atoms with Crippen LogP contribution in [0.15, 0.2) is 81.7 Å². The van der Waals surface area contributed by atoms with Crippen molar-refractivity contribution in [2.75, 3.05) is 62.4 Å². The molecule has 2 atom stereocenters. The maximum absolute atomic E-state index is 12.7. The van der Waals surface area contributed by atoms with Crippen LogP contribution in [0.5, 0.6) is 0 Å². The third kappa shape index (κ3) is 12.3. The number of nitrogens with zero attached hydrogens (tertiary/aromatic N) is 8. The SMILES string of the molecule is CC1(C)OB(C2=CCOCC2)OC1(C)C.Cc1nc2c(nc1N1CCC3(CC1)Cc1ccccc1[C@H]3N)CN=C2C1=CCOCC1.Cc1nc2c(nc1N1CCC3(CC1)Cc1ccccc1[C@H]3NC(=O)OC(C)(C)C)CN=C2I.Cl.[2H][B]. The lowest BCUT2D eigenvalue weighted by molar-refractivity contribution is 0.00578. The Morgan fingerprint density at radius 3 is 1.84 bits per heavy atom. The number of rotatable bonds is 5. The highest BCUT2D eigenvalue weighted by molar-refractivity contribution is 14.1. The zero-order valence-corrected chi connectivity index (χ0v) is 51.7. The summed E-state index contributed by atoms with van der Waals surface area (Å²) in [6.45, 7) is 25.9. The van der Waals surface area contributed by atoms with Crippen molar-refractivity contribution in [2.24, 2.45) is 26.5 Å². The third-order valence-electron chi connectivity index (χ3n) is 18.1. The Kier molecular flexibility index (Phi) is 17.7. The van der Waals surface area contributed by atoms with Crippen LogP contribution in [0.25, 0.3) is 0 Å². The minimum atomic E-state index is -0.524. The fraction of sp³-hybridized carbons (Fsp3) is 0.557. The highest BCUT2D eigenvalue weighted by Crippen LogP contribution is 2.53.